The van der Waals surface area contributed by atoms with Crippen molar-refractivity contribution in [1.29, 1.82) is 0 Å². The van der Waals surface area contributed by atoms with E-state index in [1.54, 1.807) is 30.6 Å². The number of hydrogen-bond donors (Lipinski definition) is 1. The van der Waals surface area contributed by atoms with E-state index in [1.807, 2.05) is 18.2 Å². The molecular formula is C19H18N4O2. The molecule has 126 valence electrons. The normalized spacial score (nSPS) is 14.5. The molecule has 2 aromatic heterocycles. The SMILES string of the molecule is O=C(Nc1cc(N2CCOCC2)cc2cccnc12)c1ccccn1. The molecule has 0 bridgehead atoms. The van der Waals surface area contributed by atoms with E-state index in [2.05, 4.69) is 26.3 Å². The van der Waals surface area contributed by atoms with Crippen molar-refractivity contribution >= 4 is 28.2 Å². The number of amides is 1. The molecule has 1 fully saturated rings. The number of morpholine rings is 1. The molecule has 0 saturated carbocycles. The highest BCUT2D eigenvalue weighted by molar-refractivity contribution is 6.08. The molecule has 0 radical (unpaired) electrons. The largest absolute Gasteiger partial charge is 0.378 e. The quantitative estimate of drug-likeness (QED) is 0.798. The van der Waals surface area contributed by atoms with E-state index in [0.717, 1.165) is 29.7 Å². The van der Waals surface area contributed by atoms with Crippen LogP contribution in [-0.4, -0.2) is 42.2 Å². The fourth-order valence-electron chi connectivity index (χ4n) is 2.96. The van der Waals surface area contributed by atoms with Crippen LogP contribution in [0.15, 0.2) is 54.9 Å². The average Bonchev–Trinajstić information content (AvgIpc) is 2.69. The minimum absolute atomic E-state index is 0.244. The summed E-state index contributed by atoms with van der Waals surface area (Å²) in [5.41, 5.74) is 2.89. The second kappa shape index (κ2) is 6.86. The van der Waals surface area contributed by atoms with Gasteiger partial charge in [0.15, 0.2) is 0 Å². The van der Waals surface area contributed by atoms with Gasteiger partial charge in [-0.05, 0) is 30.3 Å². The van der Waals surface area contributed by atoms with Gasteiger partial charge in [-0.2, -0.15) is 0 Å². The standard InChI is InChI=1S/C19H18N4O2/c24-19(16-5-1-2-6-20-16)22-17-13-15(23-8-10-25-11-9-23)12-14-4-3-7-21-18(14)17/h1-7,12-13H,8-11H2,(H,22,24). The van der Waals surface area contributed by atoms with Crippen LogP contribution >= 0.6 is 0 Å². The van der Waals surface area contributed by atoms with Crippen LogP contribution in [0.1, 0.15) is 10.5 Å². The van der Waals surface area contributed by atoms with E-state index in [9.17, 15) is 4.79 Å². The van der Waals surface area contributed by atoms with Gasteiger partial charge < -0.3 is 15.0 Å². The van der Waals surface area contributed by atoms with Gasteiger partial charge in [-0.25, -0.2) is 0 Å². The summed E-state index contributed by atoms with van der Waals surface area (Å²) in [5, 5.41) is 3.95. The van der Waals surface area contributed by atoms with Crippen LogP contribution in [0.4, 0.5) is 11.4 Å². The summed E-state index contributed by atoms with van der Waals surface area (Å²) in [4.78, 5) is 23.3. The predicted molar refractivity (Wildman–Crippen MR) is 97.0 cm³/mol. The van der Waals surface area contributed by atoms with Crippen LogP contribution in [0, 0.1) is 0 Å². The number of nitrogens with one attached hydrogen (secondary N) is 1. The maximum atomic E-state index is 12.5. The third-order valence-corrected chi connectivity index (χ3v) is 4.21. The average molecular weight is 334 g/mol. The number of carbonyl (C=O) groups is 1. The number of anilines is 2. The summed E-state index contributed by atoms with van der Waals surface area (Å²) in [5.74, 6) is -0.244. The van der Waals surface area contributed by atoms with E-state index in [4.69, 9.17) is 4.74 Å². The van der Waals surface area contributed by atoms with Crippen molar-refractivity contribution in [2.24, 2.45) is 0 Å². The number of rotatable bonds is 3. The summed E-state index contributed by atoms with van der Waals surface area (Å²) in [6, 6.07) is 13.2. The van der Waals surface area contributed by atoms with Crippen molar-refractivity contribution in [2.75, 3.05) is 36.5 Å². The number of ether oxygens (including phenoxy) is 1. The molecule has 1 aromatic carbocycles. The number of carbonyl (C=O) groups excluding carboxylic acids is 1. The van der Waals surface area contributed by atoms with Crippen LogP contribution in [0.3, 0.4) is 0 Å². The highest BCUT2D eigenvalue weighted by atomic mass is 16.5. The molecule has 3 aromatic rings. The molecule has 1 amide bonds. The molecule has 3 heterocycles. The Bertz CT molecular complexity index is 892. The number of aromatic nitrogens is 2. The molecule has 1 aliphatic heterocycles. The molecule has 6 heteroatoms. The topological polar surface area (TPSA) is 67.4 Å². The Labute approximate surface area is 145 Å². The highest BCUT2D eigenvalue weighted by Crippen LogP contribution is 2.29. The molecule has 0 atom stereocenters. The molecule has 1 aliphatic rings. The van der Waals surface area contributed by atoms with Gasteiger partial charge in [-0.1, -0.05) is 12.1 Å². The fraction of sp³-hybridized carbons (Fsp3) is 0.211. The van der Waals surface area contributed by atoms with Crippen LogP contribution in [-0.2, 0) is 4.74 Å². The minimum Gasteiger partial charge on any atom is -0.378 e. The zero-order valence-electron chi connectivity index (χ0n) is 13.7. The van der Waals surface area contributed by atoms with E-state index in [1.165, 1.54) is 0 Å². The third-order valence-electron chi connectivity index (χ3n) is 4.21. The third kappa shape index (κ3) is 3.29. The Balaban J connectivity index is 1.72. The fourth-order valence-corrected chi connectivity index (χ4v) is 2.96. The van der Waals surface area contributed by atoms with E-state index in [0.29, 0.717) is 24.6 Å². The Morgan fingerprint density at radius 3 is 2.68 bits per heavy atom. The van der Waals surface area contributed by atoms with Crippen molar-refractivity contribution in [3.05, 3.63) is 60.6 Å². The zero-order chi connectivity index (χ0) is 17.1. The van der Waals surface area contributed by atoms with Crippen molar-refractivity contribution in [1.82, 2.24) is 9.97 Å². The van der Waals surface area contributed by atoms with Gasteiger partial charge >= 0.3 is 0 Å². The number of nitrogens with zero attached hydrogens (tertiary/aromatic N) is 3. The molecule has 4 rings (SSSR count). The minimum atomic E-state index is -0.244. The first-order valence-electron chi connectivity index (χ1n) is 8.25. The maximum absolute atomic E-state index is 12.5. The van der Waals surface area contributed by atoms with Crippen molar-refractivity contribution in [3.8, 4) is 0 Å². The van der Waals surface area contributed by atoms with Crippen molar-refractivity contribution in [3.63, 3.8) is 0 Å². The summed E-state index contributed by atoms with van der Waals surface area (Å²) < 4.78 is 5.43. The van der Waals surface area contributed by atoms with Gasteiger partial charge in [0, 0.05) is 36.6 Å². The maximum Gasteiger partial charge on any atom is 0.274 e. The van der Waals surface area contributed by atoms with Crippen molar-refractivity contribution in [2.45, 2.75) is 0 Å². The van der Waals surface area contributed by atoms with Crippen LogP contribution in [0.25, 0.3) is 10.9 Å². The molecule has 0 spiro atoms. The summed E-state index contributed by atoms with van der Waals surface area (Å²) in [6.07, 6.45) is 3.34. The lowest BCUT2D eigenvalue weighted by atomic mass is 10.1. The molecule has 0 aliphatic carbocycles. The Morgan fingerprint density at radius 1 is 1.04 bits per heavy atom. The zero-order valence-corrected chi connectivity index (χ0v) is 13.7. The smallest absolute Gasteiger partial charge is 0.274 e. The molecule has 1 saturated heterocycles. The highest BCUT2D eigenvalue weighted by Gasteiger charge is 2.16. The lowest BCUT2D eigenvalue weighted by molar-refractivity contribution is 0.102. The molecular weight excluding hydrogens is 316 g/mol. The van der Waals surface area contributed by atoms with Crippen LogP contribution in [0.2, 0.25) is 0 Å². The monoisotopic (exact) mass is 334 g/mol. The molecule has 6 nitrogen and oxygen atoms in total. The second-order valence-electron chi connectivity index (χ2n) is 5.84. The first-order valence-corrected chi connectivity index (χ1v) is 8.25. The predicted octanol–water partition coefficient (Wildman–Crippen LogP) is 2.72. The van der Waals surface area contributed by atoms with E-state index < -0.39 is 0 Å². The summed E-state index contributed by atoms with van der Waals surface area (Å²) >= 11 is 0. The molecule has 0 unspecified atom stereocenters. The summed E-state index contributed by atoms with van der Waals surface area (Å²) in [6.45, 7) is 3.08. The van der Waals surface area contributed by atoms with Crippen LogP contribution < -0.4 is 10.2 Å². The van der Waals surface area contributed by atoms with Gasteiger partial charge in [0.25, 0.3) is 5.91 Å². The Hall–Kier alpha value is -2.99. The lowest BCUT2D eigenvalue weighted by Gasteiger charge is -2.29. The van der Waals surface area contributed by atoms with Gasteiger partial charge in [-0.15, -0.1) is 0 Å². The number of fused-ring (bicyclic) bond motifs is 1. The van der Waals surface area contributed by atoms with Gasteiger partial charge in [0.2, 0.25) is 0 Å². The Kier molecular flexibility index (Phi) is 4.26. The summed E-state index contributed by atoms with van der Waals surface area (Å²) in [7, 11) is 0. The van der Waals surface area contributed by atoms with Gasteiger partial charge in [-0.3, -0.25) is 14.8 Å². The lowest BCUT2D eigenvalue weighted by Crippen LogP contribution is -2.36. The van der Waals surface area contributed by atoms with E-state index in [-0.39, 0.29) is 5.91 Å². The molecule has 25 heavy (non-hydrogen) atoms. The Morgan fingerprint density at radius 2 is 1.88 bits per heavy atom. The molecule has 1 N–H and O–H groups in total. The van der Waals surface area contributed by atoms with Gasteiger partial charge in [0.1, 0.15) is 5.69 Å². The van der Waals surface area contributed by atoms with E-state index >= 15 is 0 Å². The van der Waals surface area contributed by atoms with Crippen LogP contribution in [0.5, 0.6) is 0 Å². The number of benzene rings is 1. The number of pyridine rings is 2. The second-order valence-corrected chi connectivity index (χ2v) is 5.84. The van der Waals surface area contributed by atoms with Gasteiger partial charge in [0.05, 0.1) is 24.4 Å². The number of hydrogen-bond acceptors (Lipinski definition) is 5. The first-order chi connectivity index (χ1) is 12.3. The van der Waals surface area contributed by atoms with Crippen molar-refractivity contribution < 1.29 is 9.53 Å². The first kappa shape index (κ1) is 15.5.